The van der Waals surface area contributed by atoms with E-state index in [2.05, 4.69) is 4.74 Å². The fourth-order valence-corrected chi connectivity index (χ4v) is 0.318. The van der Waals surface area contributed by atoms with Crippen LogP contribution in [0.15, 0.2) is 21.5 Å². The molecule has 0 atom stereocenters. The third-order valence-corrected chi connectivity index (χ3v) is 1.10. The molecule has 0 spiro atoms. The van der Waals surface area contributed by atoms with E-state index in [1.807, 2.05) is 31.9 Å². The molecule has 0 aliphatic rings. The summed E-state index contributed by atoms with van der Waals surface area (Å²) in [4.78, 5) is 0. The minimum Gasteiger partial charge on any atom is -0.399 e. The monoisotopic (exact) mass is 298 g/mol. The molecule has 11 heavy (non-hydrogen) atoms. The highest BCUT2D eigenvalue weighted by atomic mass is 79.9. The first-order valence-corrected chi connectivity index (χ1v) is 3.63. The van der Waals surface area contributed by atoms with Gasteiger partial charge < -0.3 is 4.74 Å². The molecule has 0 N–H and O–H groups in total. The Labute approximate surface area is 76.0 Å². The number of ether oxygens (including phenoxy) is 1. The number of hydrogen-bond acceptors (Lipinski definition) is 1. The van der Waals surface area contributed by atoms with Gasteiger partial charge in [0, 0.05) is 0 Å². The molecule has 0 saturated heterocycles. The van der Waals surface area contributed by atoms with E-state index in [-0.39, 0.29) is 0 Å². The Bertz CT molecular complexity index is 182. The molecule has 1 nitrogen and oxygen atoms in total. The van der Waals surface area contributed by atoms with E-state index in [1.54, 1.807) is 0 Å². The lowest BCUT2D eigenvalue weighted by molar-refractivity contribution is 0.141. The van der Waals surface area contributed by atoms with Crippen molar-refractivity contribution in [1.29, 1.82) is 0 Å². The average Bonchev–Trinajstić information content (AvgIpc) is 1.87. The Kier molecular flexibility index (Phi) is 4.74. The standard InChI is InChI=1S/C4Br2F4O/c5-1(7)3(9)11-4(10)2(6)8. The van der Waals surface area contributed by atoms with E-state index >= 15 is 0 Å². The van der Waals surface area contributed by atoms with Gasteiger partial charge in [-0.15, -0.1) is 0 Å². The van der Waals surface area contributed by atoms with Crippen molar-refractivity contribution in [2.75, 3.05) is 0 Å². The van der Waals surface area contributed by atoms with Crippen LogP contribution >= 0.6 is 31.9 Å². The summed E-state index contributed by atoms with van der Waals surface area (Å²) < 4.78 is 47.4. The van der Waals surface area contributed by atoms with Crippen molar-refractivity contribution in [2.24, 2.45) is 0 Å². The quantitative estimate of drug-likeness (QED) is 0.555. The summed E-state index contributed by atoms with van der Waals surface area (Å²) >= 11 is 4.01. The molecule has 0 aromatic carbocycles. The van der Waals surface area contributed by atoms with Gasteiger partial charge in [-0.3, -0.25) is 0 Å². The molecule has 0 aromatic rings. The largest absolute Gasteiger partial charge is 0.399 e. The second kappa shape index (κ2) is 4.76. The number of rotatable bonds is 2. The van der Waals surface area contributed by atoms with E-state index in [0.717, 1.165) is 0 Å². The molecule has 0 aliphatic heterocycles. The van der Waals surface area contributed by atoms with Gasteiger partial charge in [0.1, 0.15) is 0 Å². The highest BCUT2D eigenvalue weighted by molar-refractivity contribution is 9.11. The van der Waals surface area contributed by atoms with E-state index in [4.69, 9.17) is 0 Å². The fourth-order valence-electron chi connectivity index (χ4n) is 0.156. The molecule has 0 unspecified atom stereocenters. The first-order valence-electron chi connectivity index (χ1n) is 2.04. The van der Waals surface area contributed by atoms with Gasteiger partial charge in [-0.05, 0) is 31.9 Å². The van der Waals surface area contributed by atoms with Crippen LogP contribution in [0.3, 0.4) is 0 Å². The van der Waals surface area contributed by atoms with Crippen molar-refractivity contribution in [3.8, 4) is 0 Å². The van der Waals surface area contributed by atoms with Crippen LogP contribution < -0.4 is 0 Å². The van der Waals surface area contributed by atoms with Crippen molar-refractivity contribution in [2.45, 2.75) is 0 Å². The van der Waals surface area contributed by atoms with Gasteiger partial charge in [-0.2, -0.15) is 17.6 Å². The van der Waals surface area contributed by atoms with Crippen LogP contribution in [0.2, 0.25) is 0 Å². The first-order chi connectivity index (χ1) is 4.95. The van der Waals surface area contributed by atoms with Crippen LogP contribution in [0.4, 0.5) is 17.6 Å². The Hall–Kier alpha value is -0.0400. The summed E-state index contributed by atoms with van der Waals surface area (Å²) in [7, 11) is 0. The van der Waals surface area contributed by atoms with Crippen LogP contribution in [-0.4, -0.2) is 0 Å². The molecular formula is C4Br2F4O. The highest BCUT2D eigenvalue weighted by Crippen LogP contribution is 2.23. The number of halogens is 6. The van der Waals surface area contributed by atoms with Crippen molar-refractivity contribution in [3.05, 3.63) is 21.5 Å². The summed E-state index contributed by atoms with van der Waals surface area (Å²) in [6.07, 6.45) is 0. The van der Waals surface area contributed by atoms with Crippen LogP contribution in [0.5, 0.6) is 0 Å². The molecule has 0 fully saturated rings. The molecule has 0 heterocycles. The van der Waals surface area contributed by atoms with Crippen LogP contribution in [0, 0.1) is 0 Å². The van der Waals surface area contributed by atoms with Crippen molar-refractivity contribution in [1.82, 2.24) is 0 Å². The molecule has 0 radical (unpaired) electrons. The van der Waals surface area contributed by atoms with Gasteiger partial charge in [0.25, 0.3) is 0 Å². The minimum atomic E-state index is -1.89. The fraction of sp³-hybridized carbons (Fsp3) is 0. The van der Waals surface area contributed by atoms with E-state index in [0.29, 0.717) is 0 Å². The zero-order valence-corrected chi connectivity index (χ0v) is 7.85. The predicted octanol–water partition coefficient (Wildman–Crippen LogP) is 3.92. The second-order valence-electron chi connectivity index (χ2n) is 1.17. The topological polar surface area (TPSA) is 9.23 Å². The van der Waals surface area contributed by atoms with Crippen LogP contribution in [0.1, 0.15) is 0 Å². The summed E-state index contributed by atoms with van der Waals surface area (Å²) in [5, 5.41) is 0. The summed E-state index contributed by atoms with van der Waals surface area (Å²) in [5.74, 6) is 0. The maximum absolute atomic E-state index is 11.9. The molecule has 0 amide bonds. The summed E-state index contributed by atoms with van der Waals surface area (Å²) in [6, 6.07) is -3.78. The Morgan fingerprint density at radius 2 is 1.09 bits per heavy atom. The molecule has 64 valence electrons. The minimum absolute atomic E-state index is 1.55. The lowest BCUT2D eigenvalue weighted by Crippen LogP contribution is -1.84. The smallest absolute Gasteiger partial charge is 0.323 e. The van der Waals surface area contributed by atoms with Crippen LogP contribution in [0.25, 0.3) is 0 Å². The van der Waals surface area contributed by atoms with Gasteiger partial charge in [0.2, 0.25) is 9.47 Å². The van der Waals surface area contributed by atoms with Crippen molar-refractivity contribution in [3.63, 3.8) is 0 Å². The summed E-state index contributed by atoms with van der Waals surface area (Å²) in [6.45, 7) is 0. The maximum Gasteiger partial charge on any atom is 0.323 e. The van der Waals surface area contributed by atoms with Gasteiger partial charge in [-0.1, -0.05) is 0 Å². The van der Waals surface area contributed by atoms with Gasteiger partial charge in [-0.25, -0.2) is 0 Å². The predicted molar refractivity (Wildman–Crippen MR) is 37.4 cm³/mol. The molecule has 0 aromatic heterocycles. The third-order valence-electron chi connectivity index (χ3n) is 0.476. The van der Waals surface area contributed by atoms with Crippen LogP contribution in [-0.2, 0) is 4.74 Å². The second-order valence-corrected chi connectivity index (χ2v) is 2.56. The average molecular weight is 300 g/mol. The van der Waals surface area contributed by atoms with Crippen molar-refractivity contribution < 1.29 is 22.3 Å². The number of hydrogen-bond donors (Lipinski definition) is 0. The van der Waals surface area contributed by atoms with E-state index in [9.17, 15) is 17.6 Å². The Balaban J connectivity index is 4.30. The molecule has 7 heteroatoms. The van der Waals surface area contributed by atoms with Gasteiger partial charge in [0.15, 0.2) is 0 Å². The highest BCUT2D eigenvalue weighted by Gasteiger charge is 2.10. The third kappa shape index (κ3) is 4.41. The summed E-state index contributed by atoms with van der Waals surface area (Å²) in [5.41, 5.74) is 0. The zero-order valence-electron chi connectivity index (χ0n) is 4.68. The lowest BCUT2D eigenvalue weighted by atomic mass is 10.9. The SMILES string of the molecule is FC(Br)=C(F)OC(F)=C(F)Br. The Morgan fingerprint density at radius 1 is 0.818 bits per heavy atom. The first kappa shape index (κ1) is 11.0. The molecular weight excluding hydrogens is 300 g/mol. The molecule has 0 aliphatic carbocycles. The normalized spacial score (nSPS) is 15.5. The van der Waals surface area contributed by atoms with Crippen molar-refractivity contribution >= 4 is 31.9 Å². The van der Waals surface area contributed by atoms with E-state index in [1.165, 1.54) is 0 Å². The Morgan fingerprint density at radius 3 is 1.27 bits per heavy atom. The maximum atomic E-state index is 11.9. The molecule has 0 bridgehead atoms. The molecule has 0 saturated carbocycles. The molecule has 0 rings (SSSR count). The van der Waals surface area contributed by atoms with Gasteiger partial charge >= 0.3 is 12.0 Å². The van der Waals surface area contributed by atoms with Gasteiger partial charge in [0.05, 0.1) is 0 Å². The lowest BCUT2D eigenvalue weighted by Gasteiger charge is -1.96. The van der Waals surface area contributed by atoms with E-state index < -0.39 is 21.5 Å². The zero-order chi connectivity index (χ0) is 9.02.